The first-order chi connectivity index (χ1) is 26.2. The minimum absolute atomic E-state index is 0.119. The van der Waals surface area contributed by atoms with E-state index in [0.29, 0.717) is 38.1 Å². The van der Waals surface area contributed by atoms with Crippen LogP contribution in [-0.4, -0.2) is 110 Å². The molecule has 1 saturated carbocycles. The SMILES string of the molecule is COC(=O)C1=C2Nc3ccccc3[C@@]23CCN2C(=O)[C@]4(C[C@@H]5C[C@]67CCO[C@@H]6CCN6CC[C@@]8(c9cccc(OC)c9N(C4)[C@@]58O)[C@@H]67)[C@@H]4OCC[C@]4(C1)[C@H]23. The Hall–Kier alpha value is -3.64. The number of amides is 1. The Morgan fingerprint density at radius 2 is 1.76 bits per heavy atom. The van der Waals surface area contributed by atoms with E-state index in [4.69, 9.17) is 18.9 Å². The molecule has 5 spiro atoms. The molecule has 2 N–H and O–H groups in total. The molecule has 11 aliphatic rings. The monoisotopic (exact) mass is 732 g/mol. The molecular formula is C43H48N4O7. The largest absolute Gasteiger partial charge is 0.495 e. The number of para-hydroxylation sites is 2. The van der Waals surface area contributed by atoms with E-state index in [9.17, 15) is 9.90 Å². The van der Waals surface area contributed by atoms with Crippen LogP contribution < -0.4 is 15.0 Å². The minimum Gasteiger partial charge on any atom is -0.495 e. The van der Waals surface area contributed by atoms with E-state index < -0.39 is 33.5 Å². The highest BCUT2D eigenvalue weighted by Gasteiger charge is 2.84. The van der Waals surface area contributed by atoms with Gasteiger partial charge in [-0.1, -0.05) is 30.3 Å². The highest BCUT2D eigenvalue weighted by molar-refractivity contribution is 5.95. The fourth-order valence-electron chi connectivity index (χ4n) is 16.5. The van der Waals surface area contributed by atoms with Gasteiger partial charge in [0, 0.05) is 67.0 Å². The molecule has 11 atom stereocenters. The predicted molar refractivity (Wildman–Crippen MR) is 196 cm³/mol. The molecule has 13 rings (SSSR count). The second-order valence-electron chi connectivity index (χ2n) is 18.8. The summed E-state index contributed by atoms with van der Waals surface area (Å²) in [6.07, 6.45) is 5.83. The summed E-state index contributed by atoms with van der Waals surface area (Å²) in [4.78, 5) is 37.2. The molecule has 2 aromatic carbocycles. The molecule has 0 unspecified atom stereocenters. The second kappa shape index (κ2) is 9.65. The van der Waals surface area contributed by atoms with Crippen LogP contribution in [0.3, 0.4) is 0 Å². The average molecular weight is 733 g/mol. The van der Waals surface area contributed by atoms with E-state index in [2.05, 4.69) is 50.3 Å². The number of benzene rings is 2. The Bertz CT molecular complexity index is 2140. The van der Waals surface area contributed by atoms with Gasteiger partial charge in [-0.25, -0.2) is 4.79 Å². The smallest absolute Gasteiger partial charge is 0.335 e. The lowest BCUT2D eigenvalue weighted by molar-refractivity contribution is -0.231. The molecule has 11 heteroatoms. The highest BCUT2D eigenvalue weighted by atomic mass is 16.5. The van der Waals surface area contributed by atoms with Crippen molar-refractivity contribution in [2.75, 3.05) is 63.8 Å². The molecule has 54 heavy (non-hydrogen) atoms. The van der Waals surface area contributed by atoms with Crippen LogP contribution >= 0.6 is 0 Å². The summed E-state index contributed by atoms with van der Waals surface area (Å²) in [6.45, 7) is 4.12. The van der Waals surface area contributed by atoms with Crippen LogP contribution in [0.25, 0.3) is 0 Å². The lowest BCUT2D eigenvalue weighted by Gasteiger charge is -2.69. The van der Waals surface area contributed by atoms with Crippen LogP contribution in [0.4, 0.5) is 11.4 Å². The fraction of sp³-hybridized carbons (Fsp3) is 0.628. The lowest BCUT2D eigenvalue weighted by atomic mass is 9.43. The number of methoxy groups -OCH3 is 2. The number of carbonyl (C=O) groups is 2. The van der Waals surface area contributed by atoms with Crippen LogP contribution in [0.5, 0.6) is 5.75 Å². The molecule has 0 aromatic heterocycles. The number of esters is 1. The van der Waals surface area contributed by atoms with Crippen molar-refractivity contribution in [1.29, 1.82) is 0 Å². The van der Waals surface area contributed by atoms with Gasteiger partial charge in [0.2, 0.25) is 5.91 Å². The molecule has 9 aliphatic heterocycles. The van der Waals surface area contributed by atoms with Crippen LogP contribution in [0.15, 0.2) is 53.7 Å². The first-order valence-electron chi connectivity index (χ1n) is 20.4. The van der Waals surface area contributed by atoms with Crippen molar-refractivity contribution in [2.24, 2.45) is 22.2 Å². The molecule has 9 heterocycles. The van der Waals surface area contributed by atoms with E-state index in [1.165, 1.54) is 12.7 Å². The zero-order valence-electron chi connectivity index (χ0n) is 31.1. The van der Waals surface area contributed by atoms with Crippen molar-refractivity contribution in [2.45, 2.75) is 92.2 Å². The van der Waals surface area contributed by atoms with Gasteiger partial charge in [0.05, 0.1) is 60.0 Å². The van der Waals surface area contributed by atoms with Crippen molar-refractivity contribution in [3.63, 3.8) is 0 Å². The van der Waals surface area contributed by atoms with E-state index in [1.807, 2.05) is 12.1 Å². The van der Waals surface area contributed by atoms with Gasteiger partial charge in [-0.15, -0.1) is 0 Å². The quantitative estimate of drug-likeness (QED) is 0.444. The molecule has 0 bridgehead atoms. The third-order valence-electron chi connectivity index (χ3n) is 17.6. The number of piperidine rings is 3. The zero-order chi connectivity index (χ0) is 36.2. The Balaban J connectivity index is 1.04. The number of hydrogen-bond acceptors (Lipinski definition) is 10. The first kappa shape index (κ1) is 31.6. The first-order valence-corrected chi connectivity index (χ1v) is 20.4. The fourth-order valence-corrected chi connectivity index (χ4v) is 16.5. The zero-order valence-corrected chi connectivity index (χ0v) is 31.1. The number of aliphatic hydroxyl groups is 1. The molecule has 0 radical (unpaired) electrons. The van der Waals surface area contributed by atoms with Crippen molar-refractivity contribution in [3.8, 4) is 5.75 Å². The van der Waals surface area contributed by atoms with Crippen molar-refractivity contribution < 1.29 is 33.6 Å². The number of rotatable bonds is 2. The maximum atomic E-state index is 16.1. The van der Waals surface area contributed by atoms with Crippen molar-refractivity contribution >= 4 is 23.3 Å². The molecule has 7 saturated heterocycles. The van der Waals surface area contributed by atoms with Gasteiger partial charge in [-0.05, 0) is 81.2 Å². The number of hydrogen-bond donors (Lipinski definition) is 2. The number of anilines is 2. The summed E-state index contributed by atoms with van der Waals surface area (Å²) in [5.74, 6) is 0.382. The van der Waals surface area contributed by atoms with Crippen LogP contribution in [-0.2, 0) is 34.6 Å². The number of ether oxygens (including phenoxy) is 4. The number of fused-ring (bicyclic) bond motifs is 4. The normalized spacial score (nSPS) is 46.6. The minimum atomic E-state index is -1.20. The van der Waals surface area contributed by atoms with E-state index in [1.54, 1.807) is 7.11 Å². The molecule has 2 aromatic rings. The Morgan fingerprint density at radius 1 is 0.926 bits per heavy atom. The summed E-state index contributed by atoms with van der Waals surface area (Å²) >= 11 is 0. The van der Waals surface area contributed by atoms with Gasteiger partial charge < -0.3 is 39.2 Å². The number of nitrogens with one attached hydrogen (secondary N) is 1. The summed E-state index contributed by atoms with van der Waals surface area (Å²) < 4.78 is 25.5. The summed E-state index contributed by atoms with van der Waals surface area (Å²) in [5, 5.41) is 17.7. The van der Waals surface area contributed by atoms with Crippen LogP contribution in [0.2, 0.25) is 0 Å². The number of carbonyl (C=O) groups excluding carboxylic acids is 2. The average Bonchev–Trinajstić information content (AvgIpc) is 4.04. The van der Waals surface area contributed by atoms with Crippen molar-refractivity contribution in [1.82, 2.24) is 9.80 Å². The Labute approximate surface area is 314 Å². The molecular weight excluding hydrogens is 684 g/mol. The predicted octanol–water partition coefficient (Wildman–Crippen LogP) is 3.69. The van der Waals surface area contributed by atoms with Gasteiger partial charge in [-0.2, -0.15) is 0 Å². The number of nitrogens with zero attached hydrogens (tertiary/aromatic N) is 3. The standard InChI is InChI=1S/C43H48N4O7/c1-51-29-9-5-7-27-31(29)47-23-40(21-24-20-38-13-18-53-30(38)10-15-45-16-12-42(27,35(38)45)43(24,47)50)36-39(14-19-54-36)22-25(33(48)52-2)32-41(11-17-46(34(39)41)37(40)49)26-6-3-4-8-28(26)44-32/h3-9,24,30,34-36,44,50H,10-23H2,1-2H3/t24-,30+,34-,35-,36+,38+,39-,40-,41-,42+,43+/m0/s1. The van der Waals surface area contributed by atoms with Crippen LogP contribution in [0.1, 0.15) is 62.5 Å². The summed E-state index contributed by atoms with van der Waals surface area (Å²) in [6, 6.07) is 14.7. The van der Waals surface area contributed by atoms with E-state index >= 15 is 4.79 Å². The molecule has 2 aliphatic carbocycles. The molecule has 11 nitrogen and oxygen atoms in total. The summed E-state index contributed by atoms with van der Waals surface area (Å²) in [5.41, 5.74) is 1.99. The third-order valence-corrected chi connectivity index (χ3v) is 17.6. The lowest BCUT2D eigenvalue weighted by Crippen LogP contribution is -2.82. The van der Waals surface area contributed by atoms with Gasteiger partial charge in [0.1, 0.15) is 5.75 Å². The Kier molecular flexibility index (Phi) is 5.64. The van der Waals surface area contributed by atoms with E-state index in [-0.39, 0.29) is 41.4 Å². The van der Waals surface area contributed by atoms with Gasteiger partial charge in [0.25, 0.3) is 0 Å². The summed E-state index contributed by atoms with van der Waals surface area (Å²) in [7, 11) is 3.20. The second-order valence-corrected chi connectivity index (χ2v) is 18.8. The molecule has 8 fully saturated rings. The molecule has 282 valence electrons. The Morgan fingerprint density at radius 3 is 2.63 bits per heavy atom. The molecule has 1 amide bonds. The van der Waals surface area contributed by atoms with Gasteiger partial charge >= 0.3 is 5.97 Å². The topological polar surface area (TPSA) is 113 Å². The van der Waals surface area contributed by atoms with Gasteiger partial charge in [-0.3, -0.25) is 9.69 Å². The van der Waals surface area contributed by atoms with Gasteiger partial charge in [0.15, 0.2) is 5.72 Å². The van der Waals surface area contributed by atoms with Crippen LogP contribution in [0, 0.1) is 22.2 Å². The maximum Gasteiger partial charge on any atom is 0.335 e. The third kappa shape index (κ3) is 2.96. The van der Waals surface area contributed by atoms with E-state index in [0.717, 1.165) is 86.6 Å². The van der Waals surface area contributed by atoms with Crippen molar-refractivity contribution in [3.05, 3.63) is 64.9 Å². The maximum absolute atomic E-state index is 16.1. The highest BCUT2D eigenvalue weighted by Crippen LogP contribution is 2.77.